The Hall–Kier alpha value is -1.97. The highest BCUT2D eigenvalue weighted by Crippen LogP contribution is 2.67. The van der Waals surface area contributed by atoms with Crippen LogP contribution >= 0.6 is 11.6 Å². The lowest BCUT2D eigenvalue weighted by Crippen LogP contribution is -2.41. The molecule has 3 fully saturated rings. The van der Waals surface area contributed by atoms with Gasteiger partial charge in [-0.25, -0.2) is 4.98 Å². The molecule has 2 heterocycles. The largest absolute Gasteiger partial charge is 0.389 e. The molecule has 3 saturated carbocycles. The first-order chi connectivity index (χ1) is 13.5. The van der Waals surface area contributed by atoms with Crippen LogP contribution < -0.4 is 10.6 Å². The van der Waals surface area contributed by atoms with E-state index in [-0.39, 0.29) is 17.1 Å². The number of aliphatic hydroxyl groups is 2. The molecule has 5 atom stereocenters. The van der Waals surface area contributed by atoms with Crippen LogP contribution in [-0.2, 0) is 4.79 Å². The Labute approximate surface area is 166 Å². The van der Waals surface area contributed by atoms with Crippen LogP contribution in [0.2, 0.25) is 5.28 Å². The van der Waals surface area contributed by atoms with Crippen molar-refractivity contribution in [3.05, 3.63) is 11.6 Å². The average molecular weight is 407 g/mol. The van der Waals surface area contributed by atoms with Crippen molar-refractivity contribution in [2.24, 2.45) is 11.3 Å². The average Bonchev–Trinajstić information content (AvgIpc) is 2.96. The molecular weight excluding hydrogens is 384 g/mol. The molecule has 4 N–H and O–H groups in total. The van der Waals surface area contributed by atoms with Crippen LogP contribution in [0.5, 0.6) is 0 Å². The lowest BCUT2D eigenvalue weighted by atomic mass is 9.98. The minimum atomic E-state index is -1.13. The highest BCUT2D eigenvalue weighted by atomic mass is 35.5. The van der Waals surface area contributed by atoms with Gasteiger partial charge in [-0.15, -0.1) is 0 Å². The molecule has 0 aliphatic heterocycles. The minimum absolute atomic E-state index is 0.0937. The number of carbonyl (C=O) groups excluding carboxylic acids is 1. The smallest absolute Gasteiger partial charge is 0.229 e. The number of hydrogen-bond acceptors (Lipinski definition) is 7. The van der Waals surface area contributed by atoms with Crippen LogP contribution in [0.1, 0.15) is 38.1 Å². The van der Waals surface area contributed by atoms with Crippen molar-refractivity contribution in [1.82, 2.24) is 24.8 Å². The van der Waals surface area contributed by atoms with E-state index in [0.717, 1.165) is 12.8 Å². The maximum Gasteiger partial charge on any atom is 0.229 e. The van der Waals surface area contributed by atoms with E-state index in [1.165, 1.54) is 12.8 Å². The van der Waals surface area contributed by atoms with Gasteiger partial charge in [0.05, 0.1) is 23.9 Å². The van der Waals surface area contributed by atoms with Crippen molar-refractivity contribution < 1.29 is 15.0 Å². The molecule has 3 aliphatic rings. The number of aliphatic hydroxyl groups excluding tert-OH is 2. The molecule has 0 unspecified atom stereocenters. The Balaban J connectivity index is 1.54. The van der Waals surface area contributed by atoms with Crippen molar-refractivity contribution in [1.29, 1.82) is 0 Å². The molecule has 2 aromatic rings. The predicted molar refractivity (Wildman–Crippen MR) is 102 cm³/mol. The Morgan fingerprint density at radius 3 is 2.79 bits per heavy atom. The maximum atomic E-state index is 12.3. The molecule has 2 aromatic heterocycles. The SMILES string of the molecule is CNC(=O)[C@]12C[C@H]1[C@@H](n1cnc3c(NC4CCCC4)nc(Cl)nc31)[C@H](O)[C@@H]2O. The number of amides is 1. The third kappa shape index (κ3) is 2.39. The monoisotopic (exact) mass is 406 g/mol. The van der Waals surface area contributed by atoms with Gasteiger partial charge in [-0.3, -0.25) is 4.79 Å². The maximum absolute atomic E-state index is 12.3. The van der Waals surface area contributed by atoms with Gasteiger partial charge in [-0.05, 0) is 30.9 Å². The van der Waals surface area contributed by atoms with E-state index >= 15 is 0 Å². The first-order valence-electron chi connectivity index (χ1n) is 9.72. The number of fused-ring (bicyclic) bond motifs is 2. The highest BCUT2D eigenvalue weighted by Gasteiger charge is 2.75. The summed E-state index contributed by atoms with van der Waals surface area (Å²) in [5, 5.41) is 27.4. The molecule has 3 aliphatic carbocycles. The molecule has 0 saturated heterocycles. The molecule has 0 aromatic carbocycles. The number of imidazole rings is 1. The van der Waals surface area contributed by atoms with Crippen molar-refractivity contribution in [3.63, 3.8) is 0 Å². The lowest BCUT2D eigenvalue weighted by molar-refractivity contribution is -0.132. The zero-order valence-corrected chi connectivity index (χ0v) is 16.2. The van der Waals surface area contributed by atoms with Crippen LogP contribution in [0.25, 0.3) is 11.2 Å². The fraction of sp³-hybridized carbons (Fsp3) is 0.667. The number of hydrogen-bond donors (Lipinski definition) is 4. The van der Waals surface area contributed by atoms with Gasteiger partial charge in [0.25, 0.3) is 0 Å². The molecule has 28 heavy (non-hydrogen) atoms. The summed E-state index contributed by atoms with van der Waals surface area (Å²) in [5.74, 6) is 0.157. The van der Waals surface area contributed by atoms with E-state index in [9.17, 15) is 15.0 Å². The molecule has 9 nitrogen and oxygen atoms in total. The quantitative estimate of drug-likeness (QED) is 0.555. The fourth-order valence-corrected chi connectivity index (χ4v) is 5.42. The van der Waals surface area contributed by atoms with Crippen molar-refractivity contribution >= 4 is 34.5 Å². The van der Waals surface area contributed by atoms with E-state index in [1.807, 2.05) is 0 Å². The number of halogens is 1. The van der Waals surface area contributed by atoms with Crippen LogP contribution in [0.4, 0.5) is 5.82 Å². The van der Waals surface area contributed by atoms with Gasteiger partial charge in [0.2, 0.25) is 11.2 Å². The topological polar surface area (TPSA) is 125 Å². The number of aromatic nitrogens is 4. The summed E-state index contributed by atoms with van der Waals surface area (Å²) in [6, 6.07) is -0.162. The summed E-state index contributed by atoms with van der Waals surface area (Å²) < 4.78 is 1.74. The molecule has 150 valence electrons. The number of anilines is 1. The zero-order valence-electron chi connectivity index (χ0n) is 15.5. The van der Waals surface area contributed by atoms with E-state index < -0.39 is 23.7 Å². The second kappa shape index (κ2) is 6.27. The van der Waals surface area contributed by atoms with Crippen molar-refractivity contribution in [2.45, 2.75) is 56.4 Å². The summed E-state index contributed by atoms with van der Waals surface area (Å²) in [4.78, 5) is 25.5. The second-order valence-electron chi connectivity index (χ2n) is 8.15. The van der Waals surface area contributed by atoms with Gasteiger partial charge in [0.1, 0.15) is 6.10 Å². The summed E-state index contributed by atoms with van der Waals surface area (Å²) in [6.07, 6.45) is 4.41. The van der Waals surface area contributed by atoms with Gasteiger partial charge in [-0.1, -0.05) is 12.8 Å². The van der Waals surface area contributed by atoms with E-state index in [4.69, 9.17) is 11.6 Å². The molecule has 1 amide bonds. The minimum Gasteiger partial charge on any atom is -0.389 e. The Morgan fingerprint density at radius 2 is 2.07 bits per heavy atom. The van der Waals surface area contributed by atoms with Gasteiger partial charge in [-0.2, -0.15) is 9.97 Å². The number of nitrogens with zero attached hydrogens (tertiary/aromatic N) is 4. The summed E-state index contributed by atoms with van der Waals surface area (Å²) >= 11 is 6.18. The molecule has 0 bridgehead atoms. The Kier molecular flexibility index (Phi) is 4.05. The summed E-state index contributed by atoms with van der Waals surface area (Å²) in [7, 11) is 1.54. The third-order valence-electron chi connectivity index (χ3n) is 6.73. The summed E-state index contributed by atoms with van der Waals surface area (Å²) in [5.41, 5.74) is 0.129. The van der Waals surface area contributed by atoms with Crippen LogP contribution in [0, 0.1) is 11.3 Å². The van der Waals surface area contributed by atoms with E-state index in [1.54, 1.807) is 17.9 Å². The van der Waals surface area contributed by atoms with Gasteiger partial charge in [0.15, 0.2) is 17.0 Å². The zero-order chi connectivity index (χ0) is 19.6. The van der Waals surface area contributed by atoms with Gasteiger partial charge < -0.3 is 25.4 Å². The lowest BCUT2D eigenvalue weighted by Gasteiger charge is -2.23. The highest BCUT2D eigenvalue weighted by molar-refractivity contribution is 6.28. The molecule has 10 heteroatoms. The first kappa shape index (κ1) is 18.1. The molecular formula is C18H23ClN6O3. The van der Waals surface area contributed by atoms with Crippen LogP contribution in [-0.4, -0.2) is 60.9 Å². The molecule has 0 radical (unpaired) electrons. The van der Waals surface area contributed by atoms with Crippen LogP contribution in [0.3, 0.4) is 0 Å². The normalized spacial score (nSPS) is 34.6. The standard InChI is InChI=1S/C18H23ClN6O3/c1-20-16(28)18-6-9(18)11(12(26)13(18)27)25-7-21-10-14(22-8-4-2-3-5-8)23-17(19)24-15(10)25/h7-9,11-13,26-27H,2-6H2,1H3,(H,20,28)(H,22,23,24)/t9-,11+,12-,13-,18+/m0/s1. The van der Waals surface area contributed by atoms with Gasteiger partial charge >= 0.3 is 0 Å². The fourth-order valence-electron chi connectivity index (χ4n) is 5.26. The van der Waals surface area contributed by atoms with Gasteiger partial charge in [0, 0.05) is 19.0 Å². The van der Waals surface area contributed by atoms with Crippen molar-refractivity contribution in [2.75, 3.05) is 12.4 Å². The summed E-state index contributed by atoms with van der Waals surface area (Å²) in [6.45, 7) is 0. The Bertz CT molecular complexity index is 945. The Morgan fingerprint density at radius 1 is 1.32 bits per heavy atom. The molecule has 0 spiro atoms. The molecule has 5 rings (SSSR count). The van der Waals surface area contributed by atoms with E-state index in [0.29, 0.717) is 29.4 Å². The number of rotatable bonds is 4. The van der Waals surface area contributed by atoms with Crippen molar-refractivity contribution in [3.8, 4) is 0 Å². The first-order valence-corrected chi connectivity index (χ1v) is 10.1. The second-order valence-corrected chi connectivity index (χ2v) is 8.49. The number of carbonyl (C=O) groups is 1. The van der Waals surface area contributed by atoms with Crippen LogP contribution in [0.15, 0.2) is 6.33 Å². The number of nitrogens with one attached hydrogen (secondary N) is 2. The predicted octanol–water partition coefficient (Wildman–Crippen LogP) is 0.863. The third-order valence-corrected chi connectivity index (χ3v) is 6.90. The van der Waals surface area contributed by atoms with E-state index in [2.05, 4.69) is 25.6 Å².